The molecule has 3 rings (SSSR count). The maximum absolute atomic E-state index is 12.5. The van der Waals surface area contributed by atoms with Gasteiger partial charge in [0.15, 0.2) is 6.61 Å². The summed E-state index contributed by atoms with van der Waals surface area (Å²) in [6.45, 7) is -0.142. The molecule has 0 aliphatic carbocycles. The summed E-state index contributed by atoms with van der Waals surface area (Å²) in [6.07, 6.45) is -4.44. The number of benzene rings is 2. The smallest absolute Gasteiger partial charge is 0.416 e. The van der Waals surface area contributed by atoms with Gasteiger partial charge < -0.3 is 15.4 Å². The Morgan fingerprint density at radius 2 is 1.83 bits per heavy atom. The minimum Gasteiger partial charge on any atom is -0.482 e. The van der Waals surface area contributed by atoms with Crippen molar-refractivity contribution in [2.24, 2.45) is 0 Å². The molecule has 1 heterocycles. The van der Waals surface area contributed by atoms with E-state index in [0.29, 0.717) is 5.75 Å². The maximum atomic E-state index is 12.5. The lowest BCUT2D eigenvalue weighted by atomic mass is 10.1. The van der Waals surface area contributed by atoms with Crippen LogP contribution in [-0.2, 0) is 11.0 Å². The standard InChI is InChI=1S/C16H11F3N2O3/c17-16(18,19)9-4-6-10(7-5-9)20-15(23)11-2-1-3-12-14(11)21-13(22)8-24-12/h1-7H,8H2,(H,20,23)(H,21,22). The van der Waals surface area contributed by atoms with Gasteiger partial charge in [-0.2, -0.15) is 13.2 Å². The van der Waals surface area contributed by atoms with Crippen LogP contribution in [0.1, 0.15) is 15.9 Å². The van der Waals surface area contributed by atoms with Crippen molar-refractivity contribution in [3.63, 3.8) is 0 Å². The molecule has 2 amide bonds. The first-order valence-corrected chi connectivity index (χ1v) is 6.89. The molecule has 2 aromatic carbocycles. The molecule has 0 fully saturated rings. The van der Waals surface area contributed by atoms with Crippen molar-refractivity contribution in [2.45, 2.75) is 6.18 Å². The highest BCUT2D eigenvalue weighted by Gasteiger charge is 2.30. The molecule has 8 heteroatoms. The lowest BCUT2D eigenvalue weighted by Gasteiger charge is -2.20. The third-order valence-corrected chi connectivity index (χ3v) is 3.36. The highest BCUT2D eigenvalue weighted by molar-refractivity contribution is 6.11. The number of carbonyl (C=O) groups is 2. The van der Waals surface area contributed by atoms with Crippen molar-refractivity contribution >= 4 is 23.2 Å². The van der Waals surface area contributed by atoms with Gasteiger partial charge in [-0.1, -0.05) is 6.07 Å². The van der Waals surface area contributed by atoms with Crippen LogP contribution in [0.25, 0.3) is 0 Å². The Morgan fingerprint density at radius 1 is 1.12 bits per heavy atom. The van der Waals surface area contributed by atoms with Crippen LogP contribution in [-0.4, -0.2) is 18.4 Å². The van der Waals surface area contributed by atoms with Crippen LogP contribution >= 0.6 is 0 Å². The van der Waals surface area contributed by atoms with Crippen LogP contribution in [0.3, 0.4) is 0 Å². The number of amides is 2. The van der Waals surface area contributed by atoms with E-state index >= 15 is 0 Å². The number of alkyl halides is 3. The summed E-state index contributed by atoms with van der Waals surface area (Å²) in [5.74, 6) is -0.607. The van der Waals surface area contributed by atoms with E-state index in [-0.39, 0.29) is 23.5 Å². The van der Waals surface area contributed by atoms with Gasteiger partial charge in [0.25, 0.3) is 11.8 Å². The minimum atomic E-state index is -4.44. The maximum Gasteiger partial charge on any atom is 0.416 e. The Kier molecular flexibility index (Phi) is 3.88. The number of carbonyl (C=O) groups excluding carboxylic acids is 2. The first-order chi connectivity index (χ1) is 11.3. The van der Waals surface area contributed by atoms with Crippen molar-refractivity contribution in [1.82, 2.24) is 0 Å². The fourth-order valence-electron chi connectivity index (χ4n) is 2.23. The molecule has 24 heavy (non-hydrogen) atoms. The summed E-state index contributed by atoms with van der Waals surface area (Å²) in [5.41, 5.74) is -0.217. The third kappa shape index (κ3) is 3.17. The van der Waals surface area contributed by atoms with Crippen LogP contribution < -0.4 is 15.4 Å². The molecular formula is C16H11F3N2O3. The fourth-order valence-corrected chi connectivity index (χ4v) is 2.23. The molecule has 1 aliphatic heterocycles. The number of rotatable bonds is 2. The first-order valence-electron chi connectivity index (χ1n) is 6.89. The SMILES string of the molecule is O=C1COc2cccc(C(=O)Nc3ccc(C(F)(F)F)cc3)c2N1. The molecule has 0 bridgehead atoms. The van der Waals surface area contributed by atoms with Gasteiger partial charge in [0.2, 0.25) is 0 Å². The predicted octanol–water partition coefficient (Wildman–Crippen LogP) is 3.29. The van der Waals surface area contributed by atoms with Crippen molar-refractivity contribution in [3.05, 3.63) is 53.6 Å². The molecular weight excluding hydrogens is 325 g/mol. The highest BCUT2D eigenvalue weighted by Crippen LogP contribution is 2.32. The molecule has 0 spiro atoms. The monoisotopic (exact) mass is 336 g/mol. The Hall–Kier alpha value is -3.03. The van der Waals surface area contributed by atoms with E-state index in [0.717, 1.165) is 24.3 Å². The summed E-state index contributed by atoms with van der Waals surface area (Å²) in [4.78, 5) is 23.8. The van der Waals surface area contributed by atoms with Gasteiger partial charge in [0.1, 0.15) is 5.75 Å². The number of hydrogen-bond acceptors (Lipinski definition) is 3. The number of halogens is 3. The summed E-state index contributed by atoms with van der Waals surface area (Å²) < 4.78 is 42.8. The van der Waals surface area contributed by atoms with Crippen LogP contribution in [0.2, 0.25) is 0 Å². The van der Waals surface area contributed by atoms with E-state index < -0.39 is 23.6 Å². The molecule has 0 saturated heterocycles. The van der Waals surface area contributed by atoms with E-state index in [1.807, 2.05) is 0 Å². The van der Waals surface area contributed by atoms with Crippen LogP contribution in [0.15, 0.2) is 42.5 Å². The highest BCUT2D eigenvalue weighted by atomic mass is 19.4. The van der Waals surface area contributed by atoms with E-state index in [4.69, 9.17) is 4.74 Å². The van der Waals surface area contributed by atoms with Gasteiger partial charge in [-0.25, -0.2) is 0 Å². The lowest BCUT2D eigenvalue weighted by molar-refractivity contribution is -0.137. The van der Waals surface area contributed by atoms with Crippen molar-refractivity contribution in [2.75, 3.05) is 17.2 Å². The lowest BCUT2D eigenvalue weighted by Crippen LogP contribution is -2.27. The summed E-state index contributed by atoms with van der Waals surface area (Å²) in [6, 6.07) is 8.73. The minimum absolute atomic E-state index is 0.142. The summed E-state index contributed by atoms with van der Waals surface area (Å²) in [7, 11) is 0. The molecule has 0 unspecified atom stereocenters. The first kappa shape index (κ1) is 15.9. The van der Waals surface area contributed by atoms with Gasteiger partial charge in [0, 0.05) is 5.69 Å². The van der Waals surface area contributed by atoms with E-state index in [9.17, 15) is 22.8 Å². The molecule has 124 valence electrons. The van der Waals surface area contributed by atoms with E-state index in [2.05, 4.69) is 10.6 Å². The molecule has 2 N–H and O–H groups in total. The zero-order chi connectivity index (χ0) is 17.3. The zero-order valence-electron chi connectivity index (χ0n) is 12.1. The number of fused-ring (bicyclic) bond motifs is 1. The number of nitrogens with one attached hydrogen (secondary N) is 2. The van der Waals surface area contributed by atoms with Gasteiger partial charge >= 0.3 is 6.18 Å². The molecule has 0 atom stereocenters. The average molecular weight is 336 g/mol. The Labute approximate surface area is 134 Å². The molecule has 2 aromatic rings. The van der Waals surface area contributed by atoms with Gasteiger partial charge in [0.05, 0.1) is 16.8 Å². The fraction of sp³-hybridized carbons (Fsp3) is 0.125. The van der Waals surface area contributed by atoms with Gasteiger partial charge in [-0.05, 0) is 36.4 Å². The quantitative estimate of drug-likeness (QED) is 0.884. The molecule has 0 saturated carbocycles. The Balaban J connectivity index is 1.82. The average Bonchev–Trinajstić information content (AvgIpc) is 2.53. The van der Waals surface area contributed by atoms with Gasteiger partial charge in [-0.15, -0.1) is 0 Å². The van der Waals surface area contributed by atoms with E-state index in [1.165, 1.54) is 6.07 Å². The Morgan fingerprint density at radius 3 is 2.50 bits per heavy atom. The summed E-state index contributed by atoms with van der Waals surface area (Å²) in [5, 5.41) is 5.04. The molecule has 0 radical (unpaired) electrons. The van der Waals surface area contributed by atoms with E-state index in [1.54, 1.807) is 12.1 Å². The molecule has 5 nitrogen and oxygen atoms in total. The number of hydrogen-bond donors (Lipinski definition) is 2. The van der Waals surface area contributed by atoms with Crippen molar-refractivity contribution < 1.29 is 27.5 Å². The second-order valence-corrected chi connectivity index (χ2v) is 5.04. The zero-order valence-corrected chi connectivity index (χ0v) is 12.1. The predicted molar refractivity (Wildman–Crippen MR) is 80.0 cm³/mol. The molecule has 0 aromatic heterocycles. The van der Waals surface area contributed by atoms with Crippen molar-refractivity contribution in [1.29, 1.82) is 0 Å². The largest absolute Gasteiger partial charge is 0.482 e. The van der Waals surface area contributed by atoms with Gasteiger partial charge in [-0.3, -0.25) is 9.59 Å². The van der Waals surface area contributed by atoms with Crippen LogP contribution in [0.4, 0.5) is 24.5 Å². The van der Waals surface area contributed by atoms with Crippen molar-refractivity contribution in [3.8, 4) is 5.75 Å². The molecule has 1 aliphatic rings. The Bertz CT molecular complexity index is 801. The topological polar surface area (TPSA) is 67.4 Å². The normalized spacial score (nSPS) is 13.5. The number of anilines is 2. The van der Waals surface area contributed by atoms with Crippen LogP contribution in [0.5, 0.6) is 5.75 Å². The number of ether oxygens (including phenoxy) is 1. The summed E-state index contributed by atoms with van der Waals surface area (Å²) >= 11 is 0. The second kappa shape index (κ2) is 5.88. The second-order valence-electron chi connectivity index (χ2n) is 5.04. The third-order valence-electron chi connectivity index (χ3n) is 3.36. The number of para-hydroxylation sites is 1. The van der Waals surface area contributed by atoms with Crippen LogP contribution in [0, 0.1) is 0 Å².